The lowest BCUT2D eigenvalue weighted by atomic mass is 10.2. The molecule has 0 saturated carbocycles. The maximum absolute atomic E-state index is 13.9. The van der Waals surface area contributed by atoms with Gasteiger partial charge in [-0.3, -0.25) is 9.59 Å². The fourth-order valence-electron chi connectivity index (χ4n) is 3.77. The lowest BCUT2D eigenvalue weighted by molar-refractivity contribution is -0.118. The number of ether oxygens (including phenoxy) is 1. The highest BCUT2D eigenvalue weighted by molar-refractivity contribution is 9.10. The van der Waals surface area contributed by atoms with Crippen molar-refractivity contribution in [2.75, 3.05) is 11.9 Å². The Bertz CT molecular complexity index is 1720. The number of carbonyl (C=O) groups excluding carboxylic acids is 1. The number of hydrogen-bond donors (Lipinski definition) is 1. The van der Waals surface area contributed by atoms with Gasteiger partial charge in [-0.1, -0.05) is 70.5 Å². The third-order valence-electron chi connectivity index (χ3n) is 5.58. The standard InChI is InChI=1S/C29H20BrFN4O3/c30-21-14-15-26(38-18-27(36)33-25-13-7-5-11-23(25)31)20(16-21)17-32-35-28(19-8-2-1-3-9-19)34-24-12-6-4-10-22(24)29(35)37/h1-17H,18H2,(H,33,36). The van der Waals surface area contributed by atoms with E-state index in [4.69, 9.17) is 9.72 Å². The first-order valence-electron chi connectivity index (χ1n) is 11.6. The first kappa shape index (κ1) is 25.0. The van der Waals surface area contributed by atoms with Crippen molar-refractivity contribution in [1.29, 1.82) is 0 Å². The quantitative estimate of drug-likeness (QED) is 0.248. The molecule has 0 aliphatic carbocycles. The molecule has 0 aliphatic heterocycles. The van der Waals surface area contributed by atoms with Crippen LogP contribution in [0.15, 0.2) is 111 Å². The number of anilines is 1. The van der Waals surface area contributed by atoms with Crippen molar-refractivity contribution in [2.45, 2.75) is 0 Å². The minimum absolute atomic E-state index is 0.0651. The molecule has 5 aromatic rings. The van der Waals surface area contributed by atoms with E-state index in [1.807, 2.05) is 36.4 Å². The van der Waals surface area contributed by atoms with Gasteiger partial charge in [0.15, 0.2) is 12.4 Å². The van der Waals surface area contributed by atoms with Crippen LogP contribution in [-0.2, 0) is 4.79 Å². The fourth-order valence-corrected chi connectivity index (χ4v) is 4.15. The van der Waals surface area contributed by atoms with Crippen molar-refractivity contribution in [1.82, 2.24) is 9.66 Å². The third kappa shape index (κ3) is 5.52. The Labute approximate surface area is 225 Å². The average molecular weight is 571 g/mol. The zero-order valence-corrected chi connectivity index (χ0v) is 21.4. The second-order valence-electron chi connectivity index (χ2n) is 8.18. The van der Waals surface area contributed by atoms with Crippen molar-refractivity contribution >= 4 is 44.6 Å². The monoisotopic (exact) mass is 570 g/mol. The largest absolute Gasteiger partial charge is 0.483 e. The van der Waals surface area contributed by atoms with Gasteiger partial charge in [-0.2, -0.15) is 9.78 Å². The number of para-hydroxylation sites is 2. The summed E-state index contributed by atoms with van der Waals surface area (Å²) in [6.45, 7) is -0.358. The Morgan fingerprint density at radius 2 is 1.74 bits per heavy atom. The number of amides is 1. The molecule has 9 heteroatoms. The van der Waals surface area contributed by atoms with E-state index in [0.717, 1.165) is 10.0 Å². The van der Waals surface area contributed by atoms with E-state index < -0.39 is 11.7 Å². The molecular weight excluding hydrogens is 551 g/mol. The summed E-state index contributed by atoms with van der Waals surface area (Å²) in [6, 6.07) is 27.4. The topological polar surface area (TPSA) is 85.6 Å². The smallest absolute Gasteiger partial charge is 0.282 e. The van der Waals surface area contributed by atoms with Gasteiger partial charge in [0, 0.05) is 15.6 Å². The first-order chi connectivity index (χ1) is 18.5. The lowest BCUT2D eigenvalue weighted by Gasteiger charge is -2.11. The van der Waals surface area contributed by atoms with Gasteiger partial charge in [-0.25, -0.2) is 9.37 Å². The Morgan fingerprint density at radius 1 is 1.00 bits per heavy atom. The van der Waals surface area contributed by atoms with Gasteiger partial charge in [0.25, 0.3) is 11.5 Å². The molecular formula is C29H20BrFN4O3. The molecule has 0 spiro atoms. The number of benzene rings is 4. The summed E-state index contributed by atoms with van der Waals surface area (Å²) in [7, 11) is 0. The highest BCUT2D eigenvalue weighted by Gasteiger charge is 2.13. The molecule has 5 rings (SSSR count). The van der Waals surface area contributed by atoms with Gasteiger partial charge < -0.3 is 10.1 Å². The number of nitrogens with one attached hydrogen (secondary N) is 1. The summed E-state index contributed by atoms with van der Waals surface area (Å²) in [5.74, 6) is -0.334. The van der Waals surface area contributed by atoms with E-state index in [9.17, 15) is 14.0 Å². The molecule has 1 N–H and O–H groups in total. The predicted molar refractivity (Wildman–Crippen MR) is 149 cm³/mol. The molecule has 0 bridgehead atoms. The van der Waals surface area contributed by atoms with Crippen LogP contribution in [0, 0.1) is 5.82 Å². The minimum atomic E-state index is -0.541. The molecule has 0 fully saturated rings. The van der Waals surface area contributed by atoms with Gasteiger partial charge >= 0.3 is 0 Å². The first-order valence-corrected chi connectivity index (χ1v) is 12.4. The van der Waals surface area contributed by atoms with Crippen LogP contribution < -0.4 is 15.6 Å². The maximum Gasteiger partial charge on any atom is 0.282 e. The molecule has 7 nitrogen and oxygen atoms in total. The van der Waals surface area contributed by atoms with Crippen molar-refractivity contribution < 1.29 is 13.9 Å². The van der Waals surface area contributed by atoms with E-state index in [1.54, 1.807) is 42.5 Å². The highest BCUT2D eigenvalue weighted by atomic mass is 79.9. The van der Waals surface area contributed by atoms with Crippen LogP contribution in [-0.4, -0.2) is 28.4 Å². The number of fused-ring (bicyclic) bond motifs is 1. The van der Waals surface area contributed by atoms with Gasteiger partial charge in [-0.05, 0) is 42.5 Å². The summed E-state index contributed by atoms with van der Waals surface area (Å²) in [4.78, 5) is 30.5. The summed E-state index contributed by atoms with van der Waals surface area (Å²) >= 11 is 3.43. The number of aromatic nitrogens is 2. The minimum Gasteiger partial charge on any atom is -0.483 e. The van der Waals surface area contributed by atoms with Gasteiger partial charge in [0.2, 0.25) is 0 Å². The van der Waals surface area contributed by atoms with Gasteiger partial charge in [0.1, 0.15) is 11.6 Å². The highest BCUT2D eigenvalue weighted by Crippen LogP contribution is 2.23. The zero-order valence-electron chi connectivity index (χ0n) is 19.8. The molecule has 1 amide bonds. The normalized spacial score (nSPS) is 11.1. The van der Waals surface area contributed by atoms with Crippen LogP contribution in [0.4, 0.5) is 10.1 Å². The van der Waals surface area contributed by atoms with Gasteiger partial charge in [0.05, 0.1) is 22.8 Å². The molecule has 0 saturated heterocycles. The van der Waals surface area contributed by atoms with Crippen LogP contribution in [0.25, 0.3) is 22.3 Å². The SMILES string of the molecule is O=C(COc1ccc(Br)cc1C=Nn1c(-c2ccccc2)nc2ccccc2c1=O)Nc1ccccc1F. The lowest BCUT2D eigenvalue weighted by Crippen LogP contribution is -2.21. The summed E-state index contributed by atoms with van der Waals surface area (Å²) in [5, 5.41) is 7.39. The van der Waals surface area contributed by atoms with Crippen LogP contribution in [0.3, 0.4) is 0 Å². The summed E-state index contributed by atoms with van der Waals surface area (Å²) < 4.78 is 21.6. The average Bonchev–Trinajstić information content (AvgIpc) is 2.93. The molecule has 38 heavy (non-hydrogen) atoms. The fraction of sp³-hybridized carbons (Fsp3) is 0.0345. The summed E-state index contributed by atoms with van der Waals surface area (Å²) in [5.41, 5.74) is 1.54. The molecule has 1 heterocycles. The Kier molecular flexibility index (Phi) is 7.37. The van der Waals surface area contributed by atoms with E-state index in [1.165, 1.54) is 29.1 Å². The van der Waals surface area contributed by atoms with E-state index in [0.29, 0.717) is 28.0 Å². The molecule has 0 unspecified atom stereocenters. The number of carbonyl (C=O) groups is 1. The molecule has 0 aliphatic rings. The van der Waals surface area contributed by atoms with Crippen LogP contribution in [0.2, 0.25) is 0 Å². The van der Waals surface area contributed by atoms with Crippen molar-refractivity contribution in [2.24, 2.45) is 5.10 Å². The second kappa shape index (κ2) is 11.2. The Balaban J connectivity index is 1.47. The van der Waals surface area contributed by atoms with Crippen molar-refractivity contribution in [3.63, 3.8) is 0 Å². The molecule has 0 radical (unpaired) electrons. The molecule has 1 aromatic heterocycles. The third-order valence-corrected chi connectivity index (χ3v) is 6.07. The van der Waals surface area contributed by atoms with E-state index >= 15 is 0 Å². The second-order valence-corrected chi connectivity index (χ2v) is 9.09. The van der Waals surface area contributed by atoms with Crippen molar-refractivity contribution in [3.05, 3.63) is 123 Å². The maximum atomic E-state index is 13.9. The molecule has 188 valence electrons. The summed E-state index contributed by atoms with van der Waals surface area (Å²) in [6.07, 6.45) is 1.47. The van der Waals surface area contributed by atoms with Crippen LogP contribution in [0.5, 0.6) is 5.75 Å². The van der Waals surface area contributed by atoms with Crippen LogP contribution in [0.1, 0.15) is 5.56 Å². The number of rotatable bonds is 7. The van der Waals surface area contributed by atoms with E-state index in [2.05, 4.69) is 26.3 Å². The van der Waals surface area contributed by atoms with Gasteiger partial charge in [-0.15, -0.1) is 0 Å². The van der Waals surface area contributed by atoms with E-state index in [-0.39, 0.29) is 17.9 Å². The predicted octanol–water partition coefficient (Wildman–Crippen LogP) is 5.86. The zero-order chi connectivity index (χ0) is 26.5. The Hall–Kier alpha value is -4.63. The Morgan fingerprint density at radius 3 is 2.55 bits per heavy atom. The molecule has 0 atom stereocenters. The number of hydrogen-bond acceptors (Lipinski definition) is 5. The number of halogens is 2. The number of nitrogens with zero attached hydrogens (tertiary/aromatic N) is 3. The molecule has 4 aromatic carbocycles. The van der Waals surface area contributed by atoms with Crippen molar-refractivity contribution in [3.8, 4) is 17.1 Å². The van der Waals surface area contributed by atoms with Crippen LogP contribution >= 0.6 is 15.9 Å².